The van der Waals surface area contributed by atoms with E-state index in [4.69, 9.17) is 9.47 Å². The lowest BCUT2D eigenvalue weighted by Crippen LogP contribution is -2.34. The van der Waals surface area contributed by atoms with Gasteiger partial charge < -0.3 is 19.5 Å². The molecule has 1 atom stereocenters. The second-order valence-electron chi connectivity index (χ2n) is 3.77. The zero-order chi connectivity index (χ0) is 15.1. The monoisotopic (exact) mass is 393 g/mol. The molecule has 1 N–H and O–H groups in total. The molecule has 7 heteroatoms. The number of esters is 1. The second kappa shape index (κ2) is 7.93. The maximum atomic E-state index is 12.1. The first kappa shape index (κ1) is 16.5. The van der Waals surface area contributed by atoms with E-state index in [9.17, 15) is 9.59 Å². The summed E-state index contributed by atoms with van der Waals surface area (Å²) >= 11 is 1.91. The zero-order valence-electron chi connectivity index (χ0n) is 11.4. The van der Waals surface area contributed by atoms with Crippen LogP contribution in [0.25, 0.3) is 0 Å². The molecule has 0 aromatic heterocycles. The molecule has 6 nitrogen and oxygen atoms in total. The maximum absolute atomic E-state index is 12.1. The van der Waals surface area contributed by atoms with Crippen LogP contribution in [0.15, 0.2) is 18.2 Å². The molecule has 0 heterocycles. The highest BCUT2D eigenvalue weighted by atomic mass is 127. The lowest BCUT2D eigenvalue weighted by molar-refractivity contribution is -0.139. The van der Waals surface area contributed by atoms with Gasteiger partial charge in [0.25, 0.3) is 5.91 Å². The molecule has 1 amide bonds. The van der Waals surface area contributed by atoms with Gasteiger partial charge in [0.15, 0.2) is 0 Å². The Hall–Kier alpha value is -1.51. The van der Waals surface area contributed by atoms with Crippen molar-refractivity contribution >= 4 is 34.5 Å². The minimum Gasteiger partial charge on any atom is -0.497 e. The Morgan fingerprint density at radius 1 is 1.25 bits per heavy atom. The number of methoxy groups -OCH3 is 3. The van der Waals surface area contributed by atoms with E-state index in [-0.39, 0.29) is 18.4 Å². The lowest BCUT2D eigenvalue weighted by Gasteiger charge is -2.12. The number of alkyl halides is 1. The Balaban J connectivity index is 2.78. The Morgan fingerprint density at radius 3 is 2.50 bits per heavy atom. The van der Waals surface area contributed by atoms with Crippen LogP contribution in [0.4, 0.5) is 0 Å². The molecule has 0 saturated carbocycles. The molecule has 1 rings (SSSR count). The van der Waals surface area contributed by atoms with Gasteiger partial charge in [-0.05, 0) is 18.2 Å². The summed E-state index contributed by atoms with van der Waals surface area (Å²) in [5, 5.41) is 2.66. The van der Waals surface area contributed by atoms with E-state index in [1.807, 2.05) is 22.6 Å². The van der Waals surface area contributed by atoms with Crippen molar-refractivity contribution in [1.82, 2.24) is 5.32 Å². The van der Waals surface area contributed by atoms with Gasteiger partial charge in [0.05, 0.1) is 26.9 Å². The standard InChI is InChI=1S/C13H16INO5/c1-18-8-4-5-11(19-2)9(6-8)12(16)15-7-10(14)13(17)20-3/h4-6,10H,7H2,1-3H3,(H,15,16). The van der Waals surface area contributed by atoms with E-state index in [1.54, 1.807) is 18.2 Å². The molecule has 0 bridgehead atoms. The van der Waals surface area contributed by atoms with Crippen LogP contribution >= 0.6 is 22.6 Å². The number of nitrogens with one attached hydrogen (secondary N) is 1. The van der Waals surface area contributed by atoms with E-state index >= 15 is 0 Å². The van der Waals surface area contributed by atoms with Crippen molar-refractivity contribution in [2.45, 2.75) is 3.92 Å². The number of hydrogen-bond acceptors (Lipinski definition) is 5. The molecule has 0 radical (unpaired) electrons. The first-order chi connectivity index (χ1) is 9.53. The molecule has 1 aromatic rings. The molecule has 20 heavy (non-hydrogen) atoms. The van der Waals surface area contributed by atoms with Crippen LogP contribution in [0.1, 0.15) is 10.4 Å². The minimum absolute atomic E-state index is 0.173. The Labute approximate surface area is 130 Å². The summed E-state index contributed by atoms with van der Waals surface area (Å²) < 4.78 is 14.3. The number of carbonyl (C=O) groups excluding carboxylic acids is 2. The fourth-order valence-electron chi connectivity index (χ4n) is 1.48. The molecule has 0 fully saturated rings. The molecule has 0 aliphatic heterocycles. The quantitative estimate of drug-likeness (QED) is 0.450. The fraction of sp³-hybridized carbons (Fsp3) is 0.385. The van der Waals surface area contributed by atoms with Crippen molar-refractivity contribution in [3.8, 4) is 11.5 Å². The van der Waals surface area contributed by atoms with E-state index < -0.39 is 3.92 Å². The van der Waals surface area contributed by atoms with Gasteiger partial charge in [0.1, 0.15) is 15.4 Å². The second-order valence-corrected chi connectivity index (χ2v) is 5.27. The van der Waals surface area contributed by atoms with Gasteiger partial charge >= 0.3 is 5.97 Å². The molecule has 110 valence electrons. The summed E-state index contributed by atoms with van der Waals surface area (Å²) in [6.07, 6.45) is 0. The summed E-state index contributed by atoms with van der Waals surface area (Å²) in [5.74, 6) is 0.260. The molecule has 0 aliphatic carbocycles. The van der Waals surface area contributed by atoms with Crippen LogP contribution in [-0.4, -0.2) is 43.7 Å². The fourth-order valence-corrected chi connectivity index (χ4v) is 1.95. The molecule has 0 aliphatic rings. The summed E-state index contributed by atoms with van der Waals surface area (Å²) in [5.41, 5.74) is 0.348. The normalized spacial score (nSPS) is 11.4. The minimum atomic E-state index is -0.446. The number of rotatable bonds is 6. The van der Waals surface area contributed by atoms with Crippen molar-refractivity contribution in [2.75, 3.05) is 27.9 Å². The third-order valence-corrected chi connectivity index (χ3v) is 3.50. The van der Waals surface area contributed by atoms with E-state index in [2.05, 4.69) is 10.1 Å². The van der Waals surface area contributed by atoms with Crippen LogP contribution < -0.4 is 14.8 Å². The first-order valence-electron chi connectivity index (χ1n) is 5.75. The van der Waals surface area contributed by atoms with E-state index in [0.717, 1.165) is 0 Å². The van der Waals surface area contributed by atoms with Gasteiger partial charge in [0, 0.05) is 6.54 Å². The van der Waals surface area contributed by atoms with Gasteiger partial charge in [-0.2, -0.15) is 0 Å². The molecular formula is C13H16INO5. The average Bonchev–Trinajstić information content (AvgIpc) is 2.50. The SMILES string of the molecule is COC(=O)C(I)CNC(=O)c1cc(OC)ccc1OC. The van der Waals surface area contributed by atoms with Crippen LogP contribution in [0.2, 0.25) is 0 Å². The summed E-state index contributed by atoms with van der Waals surface area (Å²) in [4.78, 5) is 23.4. The molecule has 0 saturated heterocycles. The molecular weight excluding hydrogens is 377 g/mol. The molecule has 1 aromatic carbocycles. The summed E-state index contributed by atoms with van der Waals surface area (Å²) in [6, 6.07) is 4.93. The highest BCUT2D eigenvalue weighted by Gasteiger charge is 2.18. The van der Waals surface area contributed by atoms with Crippen molar-refractivity contribution in [2.24, 2.45) is 0 Å². The lowest BCUT2D eigenvalue weighted by atomic mass is 10.1. The van der Waals surface area contributed by atoms with Gasteiger partial charge in [-0.25, -0.2) is 0 Å². The van der Waals surface area contributed by atoms with Gasteiger partial charge in [-0.3, -0.25) is 9.59 Å². The highest BCUT2D eigenvalue weighted by Crippen LogP contribution is 2.23. The summed E-state index contributed by atoms with van der Waals surface area (Å²) in [7, 11) is 4.30. The van der Waals surface area contributed by atoms with Crippen LogP contribution in [0, 0.1) is 0 Å². The number of hydrogen-bond donors (Lipinski definition) is 1. The van der Waals surface area contributed by atoms with E-state index in [0.29, 0.717) is 17.1 Å². The maximum Gasteiger partial charge on any atom is 0.320 e. The van der Waals surface area contributed by atoms with Crippen LogP contribution in [0.3, 0.4) is 0 Å². The average molecular weight is 393 g/mol. The number of benzene rings is 1. The first-order valence-corrected chi connectivity index (χ1v) is 7.00. The number of ether oxygens (including phenoxy) is 3. The predicted octanol–water partition coefficient (Wildman–Crippen LogP) is 1.41. The third-order valence-electron chi connectivity index (χ3n) is 2.55. The molecule has 0 spiro atoms. The smallest absolute Gasteiger partial charge is 0.320 e. The van der Waals surface area contributed by atoms with Crippen LogP contribution in [-0.2, 0) is 9.53 Å². The zero-order valence-corrected chi connectivity index (χ0v) is 13.6. The Bertz CT molecular complexity index is 492. The van der Waals surface area contributed by atoms with Crippen molar-refractivity contribution in [3.05, 3.63) is 23.8 Å². The van der Waals surface area contributed by atoms with Gasteiger partial charge in [-0.1, -0.05) is 22.6 Å². The topological polar surface area (TPSA) is 73.9 Å². The number of carbonyl (C=O) groups is 2. The van der Waals surface area contributed by atoms with Crippen LogP contribution in [0.5, 0.6) is 11.5 Å². The van der Waals surface area contributed by atoms with Gasteiger partial charge in [0.2, 0.25) is 0 Å². The predicted molar refractivity (Wildman–Crippen MR) is 81.7 cm³/mol. The van der Waals surface area contributed by atoms with E-state index in [1.165, 1.54) is 21.3 Å². The summed E-state index contributed by atoms with van der Waals surface area (Å²) in [6.45, 7) is 0.173. The largest absolute Gasteiger partial charge is 0.497 e. The van der Waals surface area contributed by atoms with Gasteiger partial charge in [-0.15, -0.1) is 0 Å². The number of halogens is 1. The Morgan fingerprint density at radius 2 is 1.95 bits per heavy atom. The number of amides is 1. The third kappa shape index (κ3) is 4.26. The highest BCUT2D eigenvalue weighted by molar-refractivity contribution is 14.1. The van der Waals surface area contributed by atoms with Crippen molar-refractivity contribution in [1.29, 1.82) is 0 Å². The Kier molecular flexibility index (Phi) is 6.56. The van der Waals surface area contributed by atoms with Crippen molar-refractivity contribution < 1.29 is 23.8 Å². The molecule has 1 unspecified atom stereocenters. The van der Waals surface area contributed by atoms with Crippen molar-refractivity contribution in [3.63, 3.8) is 0 Å².